The summed E-state index contributed by atoms with van der Waals surface area (Å²) in [5, 5.41) is 2.72. The highest BCUT2D eigenvalue weighted by Gasteiger charge is 2.16. The molecular weight excluding hydrogens is 322 g/mol. The Morgan fingerprint density at radius 2 is 1.76 bits per heavy atom. The molecule has 0 saturated carbocycles. The monoisotopic (exact) mass is 335 g/mol. The number of benzene rings is 2. The van der Waals surface area contributed by atoms with Crippen molar-refractivity contribution >= 4 is 11.6 Å². The van der Waals surface area contributed by atoms with Crippen LogP contribution in [0.2, 0.25) is 0 Å². The Balaban J connectivity index is 1.43. The van der Waals surface area contributed by atoms with Crippen LogP contribution in [0.15, 0.2) is 60.9 Å². The molecule has 1 N–H and O–H groups in total. The van der Waals surface area contributed by atoms with Crippen molar-refractivity contribution < 1.29 is 19.0 Å². The van der Waals surface area contributed by atoms with E-state index in [2.05, 4.69) is 15.3 Å². The van der Waals surface area contributed by atoms with Crippen molar-refractivity contribution in [1.82, 2.24) is 9.97 Å². The van der Waals surface area contributed by atoms with Gasteiger partial charge in [-0.1, -0.05) is 18.2 Å². The summed E-state index contributed by atoms with van der Waals surface area (Å²) < 4.78 is 16.0. The van der Waals surface area contributed by atoms with Crippen LogP contribution in [0, 0.1) is 0 Å². The highest BCUT2D eigenvalue weighted by atomic mass is 16.7. The van der Waals surface area contributed by atoms with Gasteiger partial charge >= 0.3 is 6.01 Å². The number of carbonyl (C=O) groups excluding carboxylic acids is 1. The fraction of sp³-hybridized carbons (Fsp3) is 0.0556. The Morgan fingerprint density at radius 1 is 1.00 bits per heavy atom. The number of nitrogens with zero attached hydrogens (tertiary/aromatic N) is 2. The van der Waals surface area contributed by atoms with Crippen molar-refractivity contribution in [2.45, 2.75) is 0 Å². The number of carbonyl (C=O) groups is 1. The van der Waals surface area contributed by atoms with Crippen molar-refractivity contribution in [3.05, 3.63) is 66.5 Å². The molecule has 1 aliphatic rings. The first-order valence-electron chi connectivity index (χ1n) is 7.54. The zero-order chi connectivity index (χ0) is 17.1. The molecule has 0 spiro atoms. The van der Waals surface area contributed by atoms with Crippen molar-refractivity contribution in [3.8, 4) is 23.3 Å². The van der Waals surface area contributed by atoms with Gasteiger partial charge < -0.3 is 19.5 Å². The first-order valence-corrected chi connectivity index (χ1v) is 7.54. The van der Waals surface area contributed by atoms with Crippen LogP contribution in [0.4, 0.5) is 5.69 Å². The van der Waals surface area contributed by atoms with Crippen LogP contribution in [-0.4, -0.2) is 22.7 Å². The lowest BCUT2D eigenvalue weighted by atomic mass is 10.2. The molecule has 4 rings (SSSR count). The molecule has 1 aliphatic heterocycles. The first-order chi connectivity index (χ1) is 12.3. The predicted octanol–water partition coefficient (Wildman–Crippen LogP) is 3.25. The maximum Gasteiger partial charge on any atom is 0.322 e. The maximum absolute atomic E-state index is 12.3. The lowest BCUT2D eigenvalue weighted by Gasteiger charge is -2.07. The second kappa shape index (κ2) is 6.48. The van der Waals surface area contributed by atoms with Crippen LogP contribution < -0.4 is 19.5 Å². The van der Waals surface area contributed by atoms with Crippen molar-refractivity contribution in [2.24, 2.45) is 0 Å². The van der Waals surface area contributed by atoms with E-state index in [1.165, 1.54) is 12.4 Å². The topological polar surface area (TPSA) is 82.6 Å². The Morgan fingerprint density at radius 3 is 2.56 bits per heavy atom. The summed E-state index contributed by atoms with van der Waals surface area (Å²) in [5.41, 5.74) is 0.914. The summed E-state index contributed by atoms with van der Waals surface area (Å²) in [4.78, 5) is 20.5. The Labute approximate surface area is 143 Å². The molecule has 1 amide bonds. The summed E-state index contributed by atoms with van der Waals surface area (Å²) >= 11 is 0. The lowest BCUT2D eigenvalue weighted by Crippen LogP contribution is -2.12. The van der Waals surface area contributed by atoms with Gasteiger partial charge in [0.05, 0.1) is 18.1 Å². The minimum Gasteiger partial charge on any atom is -0.454 e. The average Bonchev–Trinajstić information content (AvgIpc) is 3.12. The molecule has 0 saturated heterocycles. The number of hydrogen-bond donors (Lipinski definition) is 1. The Bertz CT molecular complexity index is 898. The largest absolute Gasteiger partial charge is 0.454 e. The molecule has 25 heavy (non-hydrogen) atoms. The zero-order valence-electron chi connectivity index (χ0n) is 13.0. The fourth-order valence-corrected chi connectivity index (χ4v) is 2.27. The summed E-state index contributed by atoms with van der Waals surface area (Å²) in [6.07, 6.45) is 2.96. The molecule has 7 nitrogen and oxygen atoms in total. The molecule has 0 bridgehead atoms. The van der Waals surface area contributed by atoms with Gasteiger partial charge in [0.1, 0.15) is 5.75 Å². The lowest BCUT2D eigenvalue weighted by molar-refractivity contribution is 0.102. The van der Waals surface area contributed by atoms with E-state index in [4.69, 9.17) is 14.2 Å². The molecule has 0 fully saturated rings. The van der Waals surface area contributed by atoms with Crippen LogP contribution in [0.5, 0.6) is 23.3 Å². The number of hydrogen-bond acceptors (Lipinski definition) is 6. The quantitative estimate of drug-likeness (QED) is 0.788. The van der Waals surface area contributed by atoms with Crippen LogP contribution in [0.1, 0.15) is 10.4 Å². The number of rotatable bonds is 4. The van der Waals surface area contributed by atoms with Crippen LogP contribution in [0.3, 0.4) is 0 Å². The van der Waals surface area contributed by atoms with E-state index in [0.29, 0.717) is 28.5 Å². The highest BCUT2D eigenvalue weighted by Crippen LogP contribution is 2.32. The smallest absolute Gasteiger partial charge is 0.322 e. The molecule has 3 aromatic rings. The van der Waals surface area contributed by atoms with Gasteiger partial charge in [-0.3, -0.25) is 4.79 Å². The molecule has 0 unspecified atom stereocenters. The molecule has 2 heterocycles. The molecule has 0 radical (unpaired) electrons. The van der Waals surface area contributed by atoms with Crippen LogP contribution in [0.25, 0.3) is 0 Å². The fourth-order valence-electron chi connectivity index (χ4n) is 2.27. The van der Waals surface area contributed by atoms with Crippen LogP contribution in [-0.2, 0) is 0 Å². The number of para-hydroxylation sites is 1. The van der Waals surface area contributed by atoms with Gasteiger partial charge in [0.25, 0.3) is 5.91 Å². The minimum absolute atomic E-state index is 0.164. The number of ether oxygens (including phenoxy) is 3. The Hall–Kier alpha value is -3.61. The highest BCUT2D eigenvalue weighted by molar-refractivity contribution is 6.04. The third-order valence-corrected chi connectivity index (χ3v) is 3.47. The summed E-state index contributed by atoms with van der Waals surface area (Å²) in [7, 11) is 0. The van der Waals surface area contributed by atoms with Crippen LogP contribution >= 0.6 is 0 Å². The predicted molar refractivity (Wildman–Crippen MR) is 89.1 cm³/mol. The summed E-state index contributed by atoms with van der Waals surface area (Å²) in [6, 6.07) is 14.4. The van der Waals surface area contributed by atoms with E-state index in [-0.39, 0.29) is 18.7 Å². The van der Waals surface area contributed by atoms with Gasteiger partial charge in [-0.15, -0.1) is 0 Å². The normalized spacial score (nSPS) is 11.8. The van der Waals surface area contributed by atoms with E-state index < -0.39 is 0 Å². The number of fused-ring (bicyclic) bond motifs is 1. The average molecular weight is 335 g/mol. The molecule has 7 heteroatoms. The molecule has 0 atom stereocenters. The molecule has 124 valence electrons. The van der Waals surface area contributed by atoms with Gasteiger partial charge in [0.15, 0.2) is 11.5 Å². The number of anilines is 1. The van der Waals surface area contributed by atoms with E-state index in [1.807, 2.05) is 18.2 Å². The molecule has 0 aliphatic carbocycles. The number of nitrogens with one attached hydrogen (secondary N) is 1. The Kier molecular flexibility index (Phi) is 3.88. The van der Waals surface area contributed by atoms with Gasteiger partial charge in [-0.05, 0) is 30.3 Å². The molecule has 2 aromatic carbocycles. The van der Waals surface area contributed by atoms with Gasteiger partial charge in [0, 0.05) is 5.56 Å². The first kappa shape index (κ1) is 14.9. The van der Waals surface area contributed by atoms with Crippen molar-refractivity contribution in [1.29, 1.82) is 0 Å². The number of aromatic nitrogens is 2. The van der Waals surface area contributed by atoms with Gasteiger partial charge in [-0.2, -0.15) is 0 Å². The zero-order valence-corrected chi connectivity index (χ0v) is 13.0. The second-order valence-electron chi connectivity index (χ2n) is 5.19. The second-order valence-corrected chi connectivity index (χ2v) is 5.19. The van der Waals surface area contributed by atoms with Gasteiger partial charge in [0.2, 0.25) is 6.79 Å². The third kappa shape index (κ3) is 3.35. The molecular formula is C18H13N3O4. The van der Waals surface area contributed by atoms with E-state index in [0.717, 1.165) is 0 Å². The van der Waals surface area contributed by atoms with Crippen molar-refractivity contribution in [3.63, 3.8) is 0 Å². The van der Waals surface area contributed by atoms with E-state index in [1.54, 1.807) is 30.3 Å². The van der Waals surface area contributed by atoms with Crippen molar-refractivity contribution in [2.75, 3.05) is 12.1 Å². The summed E-state index contributed by atoms with van der Waals surface area (Å²) in [5.74, 6) is 1.52. The number of amides is 1. The standard InChI is InChI=1S/C18H13N3O4/c22-17(12-6-7-15-16(8-12)24-11-23-15)21-13-9-19-18(20-10-13)25-14-4-2-1-3-5-14/h1-10H,11H2,(H,21,22). The third-order valence-electron chi connectivity index (χ3n) is 3.47. The molecule has 1 aromatic heterocycles. The maximum atomic E-state index is 12.3. The SMILES string of the molecule is O=C(Nc1cnc(Oc2ccccc2)nc1)c1ccc2c(c1)OCO2. The van der Waals surface area contributed by atoms with E-state index in [9.17, 15) is 4.79 Å². The minimum atomic E-state index is -0.293. The summed E-state index contributed by atoms with van der Waals surface area (Å²) in [6.45, 7) is 0.164. The van der Waals surface area contributed by atoms with Gasteiger partial charge in [-0.25, -0.2) is 9.97 Å². The van der Waals surface area contributed by atoms with E-state index >= 15 is 0 Å².